The molecule has 1 N–H and O–H groups in total. The van der Waals surface area contributed by atoms with E-state index in [0.29, 0.717) is 0 Å². The molecule has 2 saturated heterocycles. The van der Waals surface area contributed by atoms with Crippen molar-refractivity contribution in [3.05, 3.63) is 42.5 Å². The van der Waals surface area contributed by atoms with Crippen molar-refractivity contribution in [2.24, 2.45) is 11.8 Å². The first-order chi connectivity index (χ1) is 9.90. The van der Waals surface area contributed by atoms with Gasteiger partial charge in [0, 0.05) is 31.7 Å². The van der Waals surface area contributed by atoms with E-state index in [9.17, 15) is 0 Å². The van der Waals surface area contributed by atoms with Crippen LogP contribution in [-0.4, -0.2) is 36.4 Å². The van der Waals surface area contributed by atoms with Gasteiger partial charge in [-0.3, -0.25) is 0 Å². The molecule has 2 aliphatic heterocycles. The minimum absolute atomic E-state index is 0.783. The molecule has 2 atom stereocenters. The van der Waals surface area contributed by atoms with Crippen molar-refractivity contribution in [1.82, 2.24) is 15.5 Å². The molecule has 0 amide bonds. The summed E-state index contributed by atoms with van der Waals surface area (Å²) in [7, 11) is 0. The van der Waals surface area contributed by atoms with Crippen LogP contribution in [0.2, 0.25) is 0 Å². The molecule has 1 aromatic carbocycles. The van der Waals surface area contributed by atoms with Crippen LogP contribution in [0.15, 0.2) is 42.5 Å². The number of aromatic nitrogens is 2. The summed E-state index contributed by atoms with van der Waals surface area (Å²) in [6.07, 6.45) is 0. The first-order valence-electron chi connectivity index (χ1n) is 7.25. The molecule has 0 radical (unpaired) electrons. The lowest BCUT2D eigenvalue weighted by Crippen LogP contribution is -2.26. The molecule has 2 unspecified atom stereocenters. The molecule has 1 aromatic heterocycles. The maximum Gasteiger partial charge on any atom is 0.151 e. The second-order valence-electron chi connectivity index (χ2n) is 5.73. The van der Waals surface area contributed by atoms with Gasteiger partial charge in [0.2, 0.25) is 0 Å². The zero-order chi connectivity index (χ0) is 13.4. The number of anilines is 1. The Labute approximate surface area is 118 Å². The molecule has 0 aliphatic carbocycles. The van der Waals surface area contributed by atoms with E-state index < -0.39 is 0 Å². The first kappa shape index (κ1) is 11.9. The Balaban J connectivity index is 1.53. The van der Waals surface area contributed by atoms with Gasteiger partial charge in [-0.1, -0.05) is 30.3 Å². The summed E-state index contributed by atoms with van der Waals surface area (Å²) in [5, 5.41) is 12.3. The van der Waals surface area contributed by atoms with Gasteiger partial charge in [0.25, 0.3) is 0 Å². The van der Waals surface area contributed by atoms with Crippen molar-refractivity contribution in [2.45, 2.75) is 0 Å². The highest BCUT2D eigenvalue weighted by molar-refractivity contribution is 5.59. The molecule has 4 heteroatoms. The fourth-order valence-corrected chi connectivity index (χ4v) is 3.30. The van der Waals surface area contributed by atoms with Crippen LogP contribution in [0, 0.1) is 11.8 Å². The Kier molecular flexibility index (Phi) is 2.89. The highest BCUT2D eigenvalue weighted by Crippen LogP contribution is 2.29. The van der Waals surface area contributed by atoms with E-state index in [1.54, 1.807) is 0 Å². The molecular formula is C16H18N4. The number of rotatable bonds is 2. The van der Waals surface area contributed by atoms with Crippen LogP contribution in [0.5, 0.6) is 0 Å². The van der Waals surface area contributed by atoms with Gasteiger partial charge < -0.3 is 10.2 Å². The first-order valence-corrected chi connectivity index (χ1v) is 7.25. The zero-order valence-corrected chi connectivity index (χ0v) is 11.4. The van der Waals surface area contributed by atoms with Crippen molar-refractivity contribution in [1.29, 1.82) is 0 Å². The Morgan fingerprint density at radius 3 is 2.30 bits per heavy atom. The number of hydrogen-bond donors (Lipinski definition) is 1. The van der Waals surface area contributed by atoms with E-state index in [-0.39, 0.29) is 0 Å². The van der Waals surface area contributed by atoms with E-state index in [1.807, 2.05) is 18.2 Å². The molecule has 4 rings (SSSR count). The van der Waals surface area contributed by atoms with E-state index >= 15 is 0 Å². The molecule has 2 aromatic rings. The predicted octanol–water partition coefficient (Wildman–Crippen LogP) is 1.80. The number of nitrogens with one attached hydrogen (secondary N) is 1. The average Bonchev–Trinajstić information content (AvgIpc) is 3.10. The normalized spacial score (nSPS) is 24.9. The maximum absolute atomic E-state index is 4.42. The molecular weight excluding hydrogens is 248 g/mol. The molecule has 102 valence electrons. The topological polar surface area (TPSA) is 41.0 Å². The van der Waals surface area contributed by atoms with Crippen LogP contribution in [0.4, 0.5) is 5.82 Å². The lowest BCUT2D eigenvalue weighted by molar-refractivity contribution is 0.533. The van der Waals surface area contributed by atoms with Crippen molar-refractivity contribution in [3.63, 3.8) is 0 Å². The number of fused-ring (bicyclic) bond motifs is 1. The van der Waals surface area contributed by atoms with Crippen molar-refractivity contribution in [3.8, 4) is 11.3 Å². The monoisotopic (exact) mass is 266 g/mol. The van der Waals surface area contributed by atoms with Crippen molar-refractivity contribution < 1.29 is 0 Å². The van der Waals surface area contributed by atoms with Gasteiger partial charge in [0.1, 0.15) is 0 Å². The molecule has 0 spiro atoms. The lowest BCUT2D eigenvalue weighted by atomic mass is 10.0. The molecule has 0 bridgehead atoms. The fourth-order valence-electron chi connectivity index (χ4n) is 3.30. The summed E-state index contributed by atoms with van der Waals surface area (Å²) in [6, 6.07) is 14.4. The third-order valence-electron chi connectivity index (χ3n) is 4.43. The summed E-state index contributed by atoms with van der Waals surface area (Å²) < 4.78 is 0. The van der Waals surface area contributed by atoms with Gasteiger partial charge in [-0.15, -0.1) is 10.2 Å². The molecule has 2 aliphatic rings. The van der Waals surface area contributed by atoms with Crippen LogP contribution in [0.3, 0.4) is 0 Å². The quantitative estimate of drug-likeness (QED) is 0.900. The highest BCUT2D eigenvalue weighted by atomic mass is 15.3. The SMILES string of the molecule is c1ccc(-c2ccc(N3CC4CNCC4C3)nn2)cc1. The van der Waals surface area contributed by atoms with E-state index in [4.69, 9.17) is 0 Å². The second kappa shape index (κ2) is 4.87. The highest BCUT2D eigenvalue weighted by Gasteiger charge is 2.36. The van der Waals surface area contributed by atoms with Gasteiger partial charge >= 0.3 is 0 Å². The van der Waals surface area contributed by atoms with Gasteiger partial charge in [-0.05, 0) is 24.0 Å². The summed E-state index contributed by atoms with van der Waals surface area (Å²) in [5.41, 5.74) is 2.06. The minimum Gasteiger partial charge on any atom is -0.354 e. The Hall–Kier alpha value is -1.94. The predicted molar refractivity (Wildman–Crippen MR) is 79.5 cm³/mol. The summed E-state index contributed by atoms with van der Waals surface area (Å²) >= 11 is 0. The minimum atomic E-state index is 0.783. The lowest BCUT2D eigenvalue weighted by Gasteiger charge is -2.17. The van der Waals surface area contributed by atoms with Crippen molar-refractivity contribution in [2.75, 3.05) is 31.1 Å². The molecule has 20 heavy (non-hydrogen) atoms. The molecule has 2 fully saturated rings. The molecule has 3 heterocycles. The second-order valence-corrected chi connectivity index (χ2v) is 5.73. The zero-order valence-electron chi connectivity index (χ0n) is 11.4. The average molecular weight is 266 g/mol. The van der Waals surface area contributed by atoms with Crippen molar-refractivity contribution >= 4 is 5.82 Å². The van der Waals surface area contributed by atoms with Gasteiger partial charge in [0.15, 0.2) is 5.82 Å². The number of hydrogen-bond acceptors (Lipinski definition) is 4. The Morgan fingerprint density at radius 1 is 0.900 bits per heavy atom. The van der Waals surface area contributed by atoms with Gasteiger partial charge in [-0.2, -0.15) is 0 Å². The standard InChI is InChI=1S/C16H18N4/c1-2-4-12(5-3-1)15-6-7-16(19-18-15)20-10-13-8-17-9-14(13)11-20/h1-7,13-14,17H,8-11H2. The third-order valence-corrected chi connectivity index (χ3v) is 4.43. The largest absolute Gasteiger partial charge is 0.354 e. The van der Waals surface area contributed by atoms with E-state index in [1.165, 1.54) is 0 Å². The Bertz CT molecular complexity index is 569. The summed E-state index contributed by atoms with van der Waals surface area (Å²) in [5.74, 6) is 2.58. The van der Waals surface area contributed by atoms with Crippen LogP contribution >= 0.6 is 0 Å². The van der Waals surface area contributed by atoms with E-state index in [2.05, 4.69) is 44.7 Å². The van der Waals surface area contributed by atoms with E-state index in [0.717, 1.165) is 55.1 Å². The van der Waals surface area contributed by atoms with Crippen LogP contribution in [-0.2, 0) is 0 Å². The number of nitrogens with zero attached hydrogens (tertiary/aromatic N) is 3. The fraction of sp³-hybridized carbons (Fsp3) is 0.375. The third kappa shape index (κ3) is 2.06. The van der Waals surface area contributed by atoms with Crippen LogP contribution in [0.1, 0.15) is 0 Å². The molecule has 4 nitrogen and oxygen atoms in total. The van der Waals surface area contributed by atoms with Gasteiger partial charge in [-0.25, -0.2) is 0 Å². The maximum atomic E-state index is 4.42. The smallest absolute Gasteiger partial charge is 0.151 e. The number of benzene rings is 1. The van der Waals surface area contributed by atoms with Crippen LogP contribution in [0.25, 0.3) is 11.3 Å². The summed E-state index contributed by atoms with van der Waals surface area (Å²) in [4.78, 5) is 2.37. The Morgan fingerprint density at radius 2 is 1.65 bits per heavy atom. The summed E-state index contributed by atoms with van der Waals surface area (Å²) in [6.45, 7) is 4.52. The van der Waals surface area contributed by atoms with Crippen LogP contribution < -0.4 is 10.2 Å². The van der Waals surface area contributed by atoms with Gasteiger partial charge in [0.05, 0.1) is 5.69 Å². The molecule has 0 saturated carbocycles.